The van der Waals surface area contributed by atoms with Gasteiger partial charge in [0.25, 0.3) is 5.69 Å². The van der Waals surface area contributed by atoms with Crippen molar-refractivity contribution in [2.45, 2.75) is 36.6 Å². The number of ether oxygens (including phenoxy) is 3. The number of non-ortho nitro benzene ring substituents is 1. The van der Waals surface area contributed by atoms with Gasteiger partial charge in [-0.2, -0.15) is 4.31 Å². The zero-order valence-corrected chi connectivity index (χ0v) is 23.4. The fraction of sp³-hybridized carbons (Fsp3) is 0.379. The van der Waals surface area contributed by atoms with Gasteiger partial charge in [-0.3, -0.25) is 15.0 Å². The van der Waals surface area contributed by atoms with Crippen LogP contribution >= 0.6 is 0 Å². The Morgan fingerprint density at radius 2 is 1.70 bits per heavy atom. The first-order chi connectivity index (χ1) is 19.3. The van der Waals surface area contributed by atoms with E-state index in [4.69, 9.17) is 14.2 Å². The van der Waals surface area contributed by atoms with Gasteiger partial charge in [0.15, 0.2) is 11.5 Å². The molecule has 10 nitrogen and oxygen atoms in total. The molecule has 3 aromatic carbocycles. The third-order valence-corrected chi connectivity index (χ3v) is 9.48. The second-order valence-corrected chi connectivity index (χ2v) is 11.9. The maximum Gasteiger partial charge on any atom is 0.269 e. The predicted octanol–water partition coefficient (Wildman–Crippen LogP) is 4.96. The number of methoxy groups -OCH3 is 1. The number of likely N-dealkylation sites (tertiary alicyclic amines) is 1. The van der Waals surface area contributed by atoms with Crippen molar-refractivity contribution in [1.82, 2.24) is 9.21 Å². The van der Waals surface area contributed by atoms with Crippen LogP contribution in [0.3, 0.4) is 0 Å². The van der Waals surface area contributed by atoms with Crippen LogP contribution in [0.15, 0.2) is 71.6 Å². The number of hydrogen-bond acceptors (Lipinski definition) is 8. The lowest BCUT2D eigenvalue weighted by Crippen LogP contribution is -2.39. The third-order valence-electron chi connectivity index (χ3n) is 7.57. The van der Waals surface area contributed by atoms with E-state index in [1.54, 1.807) is 7.11 Å². The molecule has 2 atom stereocenters. The monoisotopic (exact) mass is 567 g/mol. The van der Waals surface area contributed by atoms with E-state index in [0.29, 0.717) is 26.1 Å². The van der Waals surface area contributed by atoms with E-state index in [9.17, 15) is 18.5 Å². The number of nitro benzene ring substituents is 1. The summed E-state index contributed by atoms with van der Waals surface area (Å²) in [6.07, 6.45) is 1.52. The fourth-order valence-corrected chi connectivity index (χ4v) is 6.99. The Bertz CT molecular complexity index is 1450. The lowest BCUT2D eigenvalue weighted by molar-refractivity contribution is -0.384. The Labute approximate surface area is 234 Å². The van der Waals surface area contributed by atoms with Gasteiger partial charge in [-0.1, -0.05) is 25.1 Å². The molecule has 0 aliphatic carbocycles. The lowest BCUT2D eigenvalue weighted by atomic mass is 9.93. The minimum absolute atomic E-state index is 0.0536. The molecule has 11 heteroatoms. The summed E-state index contributed by atoms with van der Waals surface area (Å²) in [5.74, 6) is 2.51. The number of sulfonamides is 1. The summed E-state index contributed by atoms with van der Waals surface area (Å²) in [4.78, 5) is 12.9. The normalized spacial score (nSPS) is 18.8. The molecule has 0 saturated carbocycles. The number of benzene rings is 3. The van der Waals surface area contributed by atoms with E-state index in [1.165, 1.54) is 28.6 Å². The van der Waals surface area contributed by atoms with Crippen molar-refractivity contribution >= 4 is 15.7 Å². The third kappa shape index (κ3) is 5.77. The highest BCUT2D eigenvalue weighted by atomic mass is 32.2. The summed E-state index contributed by atoms with van der Waals surface area (Å²) in [6.45, 7) is 4.10. The van der Waals surface area contributed by atoms with Crippen LogP contribution in [0.5, 0.6) is 17.2 Å². The van der Waals surface area contributed by atoms with Gasteiger partial charge in [0, 0.05) is 44.4 Å². The van der Waals surface area contributed by atoms with Gasteiger partial charge in [0.2, 0.25) is 16.8 Å². The Morgan fingerprint density at radius 3 is 2.38 bits per heavy atom. The SMILES string of the molecule is CCCN(CCN1C[C@@H](c2ccc3c(c2)OCO3)C[C@@H]1c1ccc(OC)cc1)S(=O)(=O)c1ccc([N+](=O)[O-])cc1. The van der Waals surface area contributed by atoms with Crippen molar-refractivity contribution in [2.75, 3.05) is 40.1 Å². The van der Waals surface area contributed by atoms with Crippen molar-refractivity contribution in [3.8, 4) is 17.2 Å². The number of nitro groups is 1. The lowest BCUT2D eigenvalue weighted by Gasteiger charge is -2.28. The zero-order chi connectivity index (χ0) is 28.3. The molecule has 0 unspecified atom stereocenters. The largest absolute Gasteiger partial charge is 0.497 e. The van der Waals surface area contributed by atoms with E-state index in [0.717, 1.165) is 41.3 Å². The molecule has 2 heterocycles. The molecule has 0 aromatic heterocycles. The number of nitrogens with zero attached hydrogens (tertiary/aromatic N) is 3. The van der Waals surface area contributed by atoms with Gasteiger partial charge in [0.05, 0.1) is 16.9 Å². The van der Waals surface area contributed by atoms with Crippen molar-refractivity contribution in [1.29, 1.82) is 0 Å². The number of rotatable bonds is 11. The highest BCUT2D eigenvalue weighted by Gasteiger charge is 2.35. The van der Waals surface area contributed by atoms with Gasteiger partial charge in [-0.05, 0) is 66.3 Å². The molecular formula is C29H33N3O7S. The van der Waals surface area contributed by atoms with Crippen LogP contribution in [0.25, 0.3) is 0 Å². The van der Waals surface area contributed by atoms with Crippen LogP contribution in [0.1, 0.15) is 42.9 Å². The van der Waals surface area contributed by atoms with Gasteiger partial charge in [-0.25, -0.2) is 8.42 Å². The van der Waals surface area contributed by atoms with E-state index in [-0.39, 0.29) is 29.3 Å². The summed E-state index contributed by atoms with van der Waals surface area (Å²) < 4.78 is 45.0. The van der Waals surface area contributed by atoms with E-state index in [1.807, 2.05) is 31.2 Å². The van der Waals surface area contributed by atoms with Crippen LogP contribution in [0, 0.1) is 10.1 Å². The molecule has 212 valence electrons. The molecule has 0 bridgehead atoms. The Kier molecular flexibility index (Phi) is 8.24. The second kappa shape index (κ2) is 11.8. The first-order valence-corrected chi connectivity index (χ1v) is 14.8. The summed E-state index contributed by atoms with van der Waals surface area (Å²) in [5, 5.41) is 11.0. The van der Waals surface area contributed by atoms with Gasteiger partial charge in [-0.15, -0.1) is 0 Å². The van der Waals surface area contributed by atoms with Gasteiger partial charge < -0.3 is 14.2 Å². The van der Waals surface area contributed by atoms with Crippen molar-refractivity contribution in [3.63, 3.8) is 0 Å². The summed E-state index contributed by atoms with van der Waals surface area (Å²) in [7, 11) is -2.18. The second-order valence-electron chi connectivity index (χ2n) is 9.98. The van der Waals surface area contributed by atoms with E-state index < -0.39 is 14.9 Å². The maximum absolute atomic E-state index is 13.5. The molecule has 0 amide bonds. The number of fused-ring (bicyclic) bond motifs is 1. The van der Waals surface area contributed by atoms with Crippen LogP contribution in [-0.4, -0.2) is 62.6 Å². The topological polar surface area (TPSA) is 111 Å². The molecule has 1 saturated heterocycles. The predicted molar refractivity (Wildman–Crippen MR) is 149 cm³/mol. The van der Waals surface area contributed by atoms with Crippen LogP contribution in [0.2, 0.25) is 0 Å². The van der Waals surface area contributed by atoms with Crippen LogP contribution in [-0.2, 0) is 10.0 Å². The molecule has 5 rings (SSSR count). The highest BCUT2D eigenvalue weighted by molar-refractivity contribution is 7.89. The quantitative estimate of drug-likeness (QED) is 0.236. The number of hydrogen-bond donors (Lipinski definition) is 0. The fourth-order valence-electron chi connectivity index (χ4n) is 5.46. The summed E-state index contributed by atoms with van der Waals surface area (Å²) in [6, 6.07) is 19.3. The van der Waals surface area contributed by atoms with Crippen LogP contribution in [0.4, 0.5) is 5.69 Å². The average molecular weight is 568 g/mol. The Hall–Kier alpha value is -3.67. The first kappa shape index (κ1) is 27.9. The van der Waals surface area contributed by atoms with E-state index >= 15 is 0 Å². The minimum atomic E-state index is -3.82. The van der Waals surface area contributed by atoms with Crippen molar-refractivity contribution in [2.24, 2.45) is 0 Å². The average Bonchev–Trinajstić information content (AvgIpc) is 3.62. The smallest absolute Gasteiger partial charge is 0.269 e. The zero-order valence-electron chi connectivity index (χ0n) is 22.6. The van der Waals surface area contributed by atoms with Crippen LogP contribution < -0.4 is 14.2 Å². The van der Waals surface area contributed by atoms with Gasteiger partial charge in [0.1, 0.15) is 5.75 Å². The molecule has 2 aliphatic heterocycles. The molecule has 0 N–H and O–H groups in total. The van der Waals surface area contributed by atoms with Crippen molar-refractivity contribution in [3.05, 3.63) is 88.0 Å². The van der Waals surface area contributed by atoms with Crippen molar-refractivity contribution < 1.29 is 27.6 Å². The molecule has 40 heavy (non-hydrogen) atoms. The molecule has 2 aliphatic rings. The first-order valence-electron chi connectivity index (χ1n) is 13.3. The standard InChI is InChI=1S/C29H33N3O7S/c1-3-14-31(40(35,36)26-11-7-24(8-12-26)32(33)34)16-15-30-19-23(22-6-13-28-29(18-22)39-20-38-28)17-27(30)21-4-9-25(37-2)10-5-21/h4-13,18,23,27H,3,14-17,19-20H2,1-2H3/t23-,27+/m0/s1. The van der Waals surface area contributed by atoms with Gasteiger partial charge >= 0.3 is 0 Å². The molecule has 0 radical (unpaired) electrons. The molecule has 1 fully saturated rings. The Morgan fingerprint density at radius 1 is 1.00 bits per heavy atom. The van der Waals surface area contributed by atoms with E-state index in [2.05, 4.69) is 23.1 Å². The Balaban J connectivity index is 1.37. The maximum atomic E-state index is 13.5. The summed E-state index contributed by atoms with van der Waals surface area (Å²) in [5.41, 5.74) is 2.16. The minimum Gasteiger partial charge on any atom is -0.497 e. The highest BCUT2D eigenvalue weighted by Crippen LogP contribution is 2.43. The summed E-state index contributed by atoms with van der Waals surface area (Å²) >= 11 is 0. The molecule has 0 spiro atoms. The molecule has 3 aromatic rings. The molecular weight excluding hydrogens is 534 g/mol.